The van der Waals surface area contributed by atoms with Gasteiger partial charge in [0.25, 0.3) is 11.8 Å². The zero-order valence-corrected chi connectivity index (χ0v) is 18.2. The van der Waals surface area contributed by atoms with Crippen molar-refractivity contribution in [1.29, 1.82) is 0 Å². The fourth-order valence-electron chi connectivity index (χ4n) is 4.52. The van der Waals surface area contributed by atoms with E-state index in [0.29, 0.717) is 34.2 Å². The molecular weight excluding hydrogens is 435 g/mol. The van der Waals surface area contributed by atoms with Crippen LogP contribution in [0, 0.1) is 5.82 Å². The van der Waals surface area contributed by atoms with Crippen LogP contribution >= 0.6 is 11.3 Å². The van der Waals surface area contributed by atoms with E-state index < -0.39 is 11.8 Å². The van der Waals surface area contributed by atoms with Crippen LogP contribution in [-0.4, -0.2) is 16.4 Å². The van der Waals surface area contributed by atoms with E-state index in [1.54, 1.807) is 6.07 Å². The van der Waals surface area contributed by atoms with E-state index in [-0.39, 0.29) is 5.82 Å². The van der Waals surface area contributed by atoms with Gasteiger partial charge < -0.3 is 4.57 Å². The lowest BCUT2D eigenvalue weighted by atomic mass is 9.95. The number of amides is 2. The molecule has 0 radical (unpaired) electrons. The summed E-state index contributed by atoms with van der Waals surface area (Å²) in [5.41, 5.74) is 3.98. The summed E-state index contributed by atoms with van der Waals surface area (Å²) in [6, 6.07) is 22.4. The van der Waals surface area contributed by atoms with Crippen LogP contribution in [0.15, 0.2) is 84.4 Å². The Labute approximate surface area is 192 Å². The minimum Gasteiger partial charge on any atom is -0.342 e. The monoisotopic (exact) mass is 452 g/mol. The molecule has 5 aromatic rings. The van der Waals surface area contributed by atoms with Crippen LogP contribution in [0.4, 0.5) is 4.39 Å². The molecule has 6 heteroatoms. The standard InChI is InChI=1S/C27H17FN2O2S/c28-17-10-11-23-19(12-17)21(15-33-23)25-24(26(31)29-27(25)32)20-14-30(13-16-6-2-1-3-7-16)22-9-5-4-8-18(20)22/h1-12,14-15H,13H2,(H,29,31,32). The van der Waals surface area contributed by atoms with E-state index >= 15 is 0 Å². The molecule has 1 N–H and O–H groups in total. The highest BCUT2D eigenvalue weighted by atomic mass is 32.1. The summed E-state index contributed by atoms with van der Waals surface area (Å²) in [7, 11) is 0. The SMILES string of the molecule is O=C1NC(=O)C(c2cn(Cc3ccccc3)c3ccccc23)=C1c1csc2ccc(F)cc12. The summed E-state index contributed by atoms with van der Waals surface area (Å²) in [5.74, 6) is -1.28. The Balaban J connectivity index is 1.60. The quantitative estimate of drug-likeness (QED) is 0.360. The molecule has 1 aliphatic rings. The maximum atomic E-state index is 14.0. The molecule has 6 rings (SSSR count). The minimum atomic E-state index is -0.459. The van der Waals surface area contributed by atoms with E-state index in [2.05, 4.69) is 22.0 Å². The second-order valence-corrected chi connectivity index (χ2v) is 8.91. The third-order valence-electron chi connectivity index (χ3n) is 5.99. The first-order valence-electron chi connectivity index (χ1n) is 10.5. The molecule has 3 aromatic carbocycles. The van der Waals surface area contributed by atoms with Crippen molar-refractivity contribution in [2.75, 3.05) is 0 Å². The molecule has 0 saturated heterocycles. The molecule has 0 fully saturated rings. The predicted octanol–water partition coefficient (Wildman–Crippen LogP) is 5.61. The van der Waals surface area contributed by atoms with Crippen LogP contribution < -0.4 is 5.32 Å². The molecule has 0 atom stereocenters. The number of aromatic nitrogens is 1. The smallest absolute Gasteiger partial charge is 0.259 e. The van der Waals surface area contributed by atoms with Crippen LogP contribution in [0.3, 0.4) is 0 Å². The normalized spacial score (nSPS) is 14.0. The highest BCUT2D eigenvalue weighted by molar-refractivity contribution is 7.17. The fourth-order valence-corrected chi connectivity index (χ4v) is 5.45. The molecule has 0 bridgehead atoms. The Morgan fingerprint density at radius 2 is 1.55 bits per heavy atom. The molecule has 0 spiro atoms. The van der Waals surface area contributed by atoms with Crippen LogP contribution in [0.5, 0.6) is 0 Å². The fraction of sp³-hybridized carbons (Fsp3) is 0.0370. The van der Waals surface area contributed by atoms with Crippen molar-refractivity contribution in [2.45, 2.75) is 6.54 Å². The molecule has 3 heterocycles. The van der Waals surface area contributed by atoms with Crippen LogP contribution in [0.2, 0.25) is 0 Å². The number of nitrogens with one attached hydrogen (secondary N) is 1. The van der Waals surface area contributed by atoms with E-state index in [1.807, 2.05) is 54.0 Å². The average molecular weight is 453 g/mol. The lowest BCUT2D eigenvalue weighted by Gasteiger charge is -2.05. The number of hydrogen-bond donors (Lipinski definition) is 1. The number of fused-ring (bicyclic) bond motifs is 2. The topological polar surface area (TPSA) is 51.1 Å². The van der Waals surface area contributed by atoms with E-state index in [4.69, 9.17) is 0 Å². The predicted molar refractivity (Wildman–Crippen MR) is 129 cm³/mol. The molecule has 1 aliphatic heterocycles. The molecule has 160 valence electrons. The van der Waals surface area contributed by atoms with Gasteiger partial charge in [-0.2, -0.15) is 0 Å². The molecule has 2 aromatic heterocycles. The Kier molecular flexibility index (Phi) is 4.48. The van der Waals surface area contributed by atoms with Crippen molar-refractivity contribution in [2.24, 2.45) is 0 Å². The second-order valence-electron chi connectivity index (χ2n) is 8.00. The molecule has 0 aliphatic carbocycles. The van der Waals surface area contributed by atoms with E-state index in [9.17, 15) is 14.0 Å². The maximum Gasteiger partial charge on any atom is 0.259 e. The van der Waals surface area contributed by atoms with Crippen molar-refractivity contribution < 1.29 is 14.0 Å². The number of imide groups is 1. The summed E-state index contributed by atoms with van der Waals surface area (Å²) in [6.45, 7) is 0.631. The van der Waals surface area contributed by atoms with Crippen LogP contribution in [0.1, 0.15) is 16.7 Å². The first-order chi connectivity index (χ1) is 16.1. The van der Waals surface area contributed by atoms with Gasteiger partial charge in [-0.05, 0) is 29.8 Å². The van der Waals surface area contributed by atoms with Gasteiger partial charge in [0.15, 0.2) is 0 Å². The molecular formula is C27H17FN2O2S. The summed E-state index contributed by atoms with van der Waals surface area (Å²) in [6.07, 6.45) is 1.93. The highest BCUT2D eigenvalue weighted by Crippen LogP contribution is 2.40. The molecule has 2 amide bonds. The minimum absolute atomic E-state index is 0.291. The Morgan fingerprint density at radius 3 is 2.36 bits per heavy atom. The van der Waals surface area contributed by atoms with Crippen molar-refractivity contribution in [1.82, 2.24) is 9.88 Å². The van der Waals surface area contributed by atoms with Crippen molar-refractivity contribution in [3.8, 4) is 0 Å². The number of carbonyl (C=O) groups is 2. The van der Waals surface area contributed by atoms with E-state index in [1.165, 1.54) is 23.5 Å². The van der Waals surface area contributed by atoms with Gasteiger partial charge in [0.1, 0.15) is 5.82 Å². The van der Waals surface area contributed by atoms with Gasteiger partial charge in [0.05, 0.1) is 11.1 Å². The number of nitrogens with zero attached hydrogens (tertiary/aromatic N) is 1. The highest BCUT2D eigenvalue weighted by Gasteiger charge is 2.35. The Hall–Kier alpha value is -4.03. The maximum absolute atomic E-state index is 14.0. The van der Waals surface area contributed by atoms with Gasteiger partial charge in [-0.15, -0.1) is 11.3 Å². The first-order valence-corrected chi connectivity index (χ1v) is 11.4. The third kappa shape index (κ3) is 3.18. The largest absolute Gasteiger partial charge is 0.342 e. The summed E-state index contributed by atoms with van der Waals surface area (Å²) in [4.78, 5) is 26.0. The molecule has 4 nitrogen and oxygen atoms in total. The second kappa shape index (κ2) is 7.53. The summed E-state index contributed by atoms with van der Waals surface area (Å²) in [5, 5.41) is 5.79. The zero-order chi connectivity index (χ0) is 22.5. The zero-order valence-electron chi connectivity index (χ0n) is 17.3. The van der Waals surface area contributed by atoms with E-state index in [0.717, 1.165) is 21.2 Å². The van der Waals surface area contributed by atoms with Crippen molar-refractivity contribution in [3.63, 3.8) is 0 Å². The molecule has 0 unspecified atom stereocenters. The first kappa shape index (κ1) is 19.6. The van der Waals surface area contributed by atoms with Gasteiger partial charge >= 0.3 is 0 Å². The van der Waals surface area contributed by atoms with Gasteiger partial charge in [-0.1, -0.05) is 48.5 Å². The van der Waals surface area contributed by atoms with Gasteiger partial charge in [0.2, 0.25) is 0 Å². The van der Waals surface area contributed by atoms with Crippen LogP contribution in [-0.2, 0) is 16.1 Å². The summed E-state index contributed by atoms with van der Waals surface area (Å²) < 4.78 is 17.0. The number of halogens is 1. The molecule has 0 saturated carbocycles. The molecule has 33 heavy (non-hydrogen) atoms. The average Bonchev–Trinajstić information content (AvgIpc) is 3.47. The lowest BCUT2D eigenvalue weighted by molar-refractivity contribution is -0.122. The third-order valence-corrected chi connectivity index (χ3v) is 6.95. The van der Waals surface area contributed by atoms with Crippen molar-refractivity contribution in [3.05, 3.63) is 107 Å². The number of carbonyl (C=O) groups excluding carboxylic acids is 2. The van der Waals surface area contributed by atoms with Gasteiger partial charge in [0, 0.05) is 50.2 Å². The number of para-hydroxylation sites is 1. The number of rotatable bonds is 4. The van der Waals surface area contributed by atoms with Crippen LogP contribution in [0.25, 0.3) is 32.1 Å². The van der Waals surface area contributed by atoms with Gasteiger partial charge in [-0.25, -0.2) is 4.39 Å². The van der Waals surface area contributed by atoms with Gasteiger partial charge in [-0.3, -0.25) is 14.9 Å². The lowest BCUT2D eigenvalue weighted by Crippen LogP contribution is -2.22. The number of benzene rings is 3. The Morgan fingerprint density at radius 1 is 0.818 bits per heavy atom. The number of hydrogen-bond acceptors (Lipinski definition) is 3. The summed E-state index contributed by atoms with van der Waals surface area (Å²) >= 11 is 1.42. The Bertz CT molecular complexity index is 1610. The number of thiophene rings is 1. The van der Waals surface area contributed by atoms with Crippen molar-refractivity contribution >= 4 is 55.3 Å².